The summed E-state index contributed by atoms with van der Waals surface area (Å²) in [7, 11) is 0. The molecule has 0 radical (unpaired) electrons. The molecule has 0 atom stereocenters. The quantitative estimate of drug-likeness (QED) is 0.613. The molecule has 1 aromatic carbocycles. The van der Waals surface area contributed by atoms with Gasteiger partial charge in [0.1, 0.15) is 5.76 Å². The van der Waals surface area contributed by atoms with E-state index in [0.29, 0.717) is 0 Å². The van der Waals surface area contributed by atoms with Gasteiger partial charge in [-0.05, 0) is 19.1 Å². The highest BCUT2D eigenvalue weighted by atomic mass is 16.5. The molecule has 0 saturated heterocycles. The summed E-state index contributed by atoms with van der Waals surface area (Å²) in [5.41, 5.74) is 2.48. The van der Waals surface area contributed by atoms with E-state index in [2.05, 4.69) is 37.3 Å². The lowest BCUT2D eigenvalue weighted by Gasteiger charge is -2.03. The van der Waals surface area contributed by atoms with Gasteiger partial charge in [0.15, 0.2) is 0 Å². The molecule has 0 aliphatic carbocycles. The minimum atomic E-state index is 0.837. The first kappa shape index (κ1) is 7.41. The molecule has 1 nitrogen and oxygen atoms in total. The average molecular weight is 160 g/mol. The van der Waals surface area contributed by atoms with Crippen LogP contribution >= 0.6 is 0 Å². The van der Waals surface area contributed by atoms with E-state index in [9.17, 15) is 0 Å². The van der Waals surface area contributed by atoms with Crippen molar-refractivity contribution in [2.75, 3.05) is 6.61 Å². The number of benzene rings is 1. The first-order chi connectivity index (χ1) is 5.86. The van der Waals surface area contributed by atoms with Crippen molar-refractivity contribution in [3.8, 4) is 0 Å². The van der Waals surface area contributed by atoms with Crippen LogP contribution in [0.25, 0.3) is 5.76 Å². The van der Waals surface area contributed by atoms with Gasteiger partial charge >= 0.3 is 0 Å². The zero-order chi connectivity index (χ0) is 8.39. The molecule has 2 rings (SSSR count). The second-order valence-corrected chi connectivity index (χ2v) is 3.07. The summed E-state index contributed by atoms with van der Waals surface area (Å²) < 4.78 is 5.46. The Morgan fingerprint density at radius 2 is 2.25 bits per heavy atom. The van der Waals surface area contributed by atoms with Gasteiger partial charge in [0.25, 0.3) is 0 Å². The van der Waals surface area contributed by atoms with Crippen molar-refractivity contribution >= 4 is 5.76 Å². The summed E-state index contributed by atoms with van der Waals surface area (Å²) in [5, 5.41) is 0. The molecule has 0 bridgehead atoms. The molecule has 0 aromatic heterocycles. The molecule has 0 saturated carbocycles. The van der Waals surface area contributed by atoms with Gasteiger partial charge in [-0.1, -0.05) is 23.8 Å². The number of hydrogen-bond donors (Lipinski definition) is 0. The van der Waals surface area contributed by atoms with Gasteiger partial charge < -0.3 is 4.74 Å². The Labute approximate surface area is 72.7 Å². The fraction of sp³-hybridized carbons (Fsp3) is 0.273. The highest BCUT2D eigenvalue weighted by molar-refractivity contribution is 5.61. The lowest BCUT2D eigenvalue weighted by molar-refractivity contribution is 0.307. The predicted molar refractivity (Wildman–Crippen MR) is 49.7 cm³/mol. The molecule has 0 unspecified atom stereocenters. The van der Waals surface area contributed by atoms with Crippen molar-refractivity contribution < 1.29 is 4.74 Å². The van der Waals surface area contributed by atoms with Crippen molar-refractivity contribution in [3.63, 3.8) is 0 Å². The van der Waals surface area contributed by atoms with Crippen molar-refractivity contribution in [3.05, 3.63) is 41.5 Å². The Kier molecular flexibility index (Phi) is 1.86. The van der Waals surface area contributed by atoms with E-state index in [1.165, 1.54) is 11.1 Å². The van der Waals surface area contributed by atoms with Gasteiger partial charge in [-0.3, -0.25) is 0 Å². The minimum Gasteiger partial charge on any atom is -0.493 e. The van der Waals surface area contributed by atoms with Gasteiger partial charge in [-0.2, -0.15) is 0 Å². The van der Waals surface area contributed by atoms with E-state index in [1.54, 1.807) is 0 Å². The maximum atomic E-state index is 5.46. The molecular formula is C11H12O. The Morgan fingerprint density at radius 3 is 2.92 bits per heavy atom. The SMILES string of the molecule is Cc1cccc(C2=CCCO2)c1. The van der Waals surface area contributed by atoms with Crippen LogP contribution in [-0.4, -0.2) is 6.61 Å². The molecule has 0 fully saturated rings. The smallest absolute Gasteiger partial charge is 0.122 e. The van der Waals surface area contributed by atoms with Crippen LogP contribution in [0.3, 0.4) is 0 Å². The van der Waals surface area contributed by atoms with Crippen molar-refractivity contribution in [2.24, 2.45) is 0 Å². The zero-order valence-electron chi connectivity index (χ0n) is 7.21. The summed E-state index contributed by atoms with van der Waals surface area (Å²) in [6.45, 7) is 2.93. The summed E-state index contributed by atoms with van der Waals surface area (Å²) in [4.78, 5) is 0. The second-order valence-electron chi connectivity index (χ2n) is 3.07. The van der Waals surface area contributed by atoms with Crippen LogP contribution in [0.4, 0.5) is 0 Å². The molecule has 1 aromatic rings. The van der Waals surface area contributed by atoms with E-state index in [0.717, 1.165) is 18.8 Å². The van der Waals surface area contributed by atoms with Crippen LogP contribution in [0.2, 0.25) is 0 Å². The summed E-state index contributed by atoms with van der Waals surface area (Å²) in [5.74, 6) is 1.04. The molecule has 1 heterocycles. The molecular weight excluding hydrogens is 148 g/mol. The van der Waals surface area contributed by atoms with Crippen LogP contribution in [0.15, 0.2) is 30.3 Å². The maximum Gasteiger partial charge on any atom is 0.122 e. The van der Waals surface area contributed by atoms with Crippen molar-refractivity contribution in [2.45, 2.75) is 13.3 Å². The third kappa shape index (κ3) is 1.35. The molecule has 0 N–H and O–H groups in total. The third-order valence-electron chi connectivity index (χ3n) is 2.01. The van der Waals surface area contributed by atoms with Crippen LogP contribution in [0, 0.1) is 6.92 Å². The van der Waals surface area contributed by atoms with Crippen LogP contribution in [0.1, 0.15) is 17.5 Å². The Bertz CT molecular complexity index is 313. The molecule has 0 spiro atoms. The van der Waals surface area contributed by atoms with Crippen molar-refractivity contribution in [1.82, 2.24) is 0 Å². The lowest BCUT2D eigenvalue weighted by atomic mass is 10.1. The first-order valence-electron chi connectivity index (χ1n) is 4.26. The number of aryl methyl sites for hydroxylation is 1. The molecule has 1 heteroatoms. The summed E-state index contributed by atoms with van der Waals surface area (Å²) in [6, 6.07) is 8.40. The first-order valence-corrected chi connectivity index (χ1v) is 4.26. The zero-order valence-corrected chi connectivity index (χ0v) is 7.21. The Balaban J connectivity index is 2.33. The standard InChI is InChI=1S/C11H12O/c1-9-4-2-5-10(8-9)11-6-3-7-12-11/h2,4-6,8H,3,7H2,1H3. The molecule has 12 heavy (non-hydrogen) atoms. The van der Waals surface area contributed by atoms with E-state index >= 15 is 0 Å². The fourth-order valence-corrected chi connectivity index (χ4v) is 1.42. The highest BCUT2D eigenvalue weighted by Crippen LogP contribution is 2.21. The number of hydrogen-bond acceptors (Lipinski definition) is 1. The number of ether oxygens (including phenoxy) is 1. The van der Waals surface area contributed by atoms with Crippen molar-refractivity contribution in [1.29, 1.82) is 0 Å². The van der Waals surface area contributed by atoms with E-state index in [1.807, 2.05) is 0 Å². The van der Waals surface area contributed by atoms with E-state index in [-0.39, 0.29) is 0 Å². The summed E-state index contributed by atoms with van der Waals surface area (Å²) in [6.07, 6.45) is 3.19. The van der Waals surface area contributed by atoms with Crippen LogP contribution < -0.4 is 0 Å². The maximum absolute atomic E-state index is 5.46. The number of rotatable bonds is 1. The Hall–Kier alpha value is -1.24. The Morgan fingerprint density at radius 1 is 1.33 bits per heavy atom. The van der Waals surface area contributed by atoms with Gasteiger partial charge in [0.05, 0.1) is 6.61 Å². The minimum absolute atomic E-state index is 0.837. The fourth-order valence-electron chi connectivity index (χ4n) is 1.42. The van der Waals surface area contributed by atoms with Gasteiger partial charge in [-0.15, -0.1) is 0 Å². The normalized spacial score (nSPS) is 15.6. The van der Waals surface area contributed by atoms with Gasteiger partial charge in [0.2, 0.25) is 0 Å². The van der Waals surface area contributed by atoms with Gasteiger partial charge in [0, 0.05) is 12.0 Å². The van der Waals surface area contributed by atoms with E-state index < -0.39 is 0 Å². The third-order valence-corrected chi connectivity index (χ3v) is 2.01. The van der Waals surface area contributed by atoms with Crippen LogP contribution in [0.5, 0.6) is 0 Å². The topological polar surface area (TPSA) is 9.23 Å². The molecule has 1 aliphatic rings. The average Bonchev–Trinajstić information content (AvgIpc) is 2.56. The van der Waals surface area contributed by atoms with E-state index in [4.69, 9.17) is 4.74 Å². The molecule has 0 amide bonds. The lowest BCUT2D eigenvalue weighted by Crippen LogP contribution is -1.86. The predicted octanol–water partition coefficient (Wildman–Crippen LogP) is 2.76. The highest BCUT2D eigenvalue weighted by Gasteiger charge is 2.06. The van der Waals surface area contributed by atoms with Crippen LogP contribution in [-0.2, 0) is 4.74 Å². The monoisotopic (exact) mass is 160 g/mol. The second kappa shape index (κ2) is 3.02. The van der Waals surface area contributed by atoms with Gasteiger partial charge in [-0.25, -0.2) is 0 Å². The largest absolute Gasteiger partial charge is 0.493 e. The molecule has 1 aliphatic heterocycles. The molecule has 62 valence electrons. The summed E-state index contributed by atoms with van der Waals surface area (Å²) >= 11 is 0.